The molecule has 0 atom stereocenters. The molecular formula is C18H13N3O3. The molecule has 0 amide bonds. The van der Waals surface area contributed by atoms with Crippen LogP contribution in [0, 0.1) is 0 Å². The highest BCUT2D eigenvalue weighted by Crippen LogP contribution is 2.29. The Kier molecular flexibility index (Phi) is 3.35. The molecule has 0 saturated carbocycles. The van der Waals surface area contributed by atoms with Gasteiger partial charge < -0.3 is 14.8 Å². The highest BCUT2D eigenvalue weighted by molar-refractivity contribution is 5.89. The van der Waals surface area contributed by atoms with Gasteiger partial charge in [0.25, 0.3) is 0 Å². The van der Waals surface area contributed by atoms with Crippen LogP contribution in [0.3, 0.4) is 0 Å². The fraction of sp³-hybridized carbons (Fsp3) is 0.0556. The molecule has 1 aliphatic rings. The molecule has 0 unspecified atom stereocenters. The van der Waals surface area contributed by atoms with E-state index in [0.717, 1.165) is 23.4 Å². The fourth-order valence-corrected chi connectivity index (χ4v) is 2.59. The summed E-state index contributed by atoms with van der Waals surface area (Å²) in [5, 5.41) is 20.5. The van der Waals surface area contributed by atoms with Crippen molar-refractivity contribution >= 4 is 17.7 Å². The number of nitrogens with zero attached hydrogens (tertiary/aromatic N) is 2. The average Bonchev–Trinajstić information content (AvgIpc) is 3.11. The van der Waals surface area contributed by atoms with E-state index in [-0.39, 0.29) is 5.56 Å². The van der Waals surface area contributed by atoms with Crippen molar-refractivity contribution in [3.63, 3.8) is 0 Å². The van der Waals surface area contributed by atoms with E-state index < -0.39 is 5.97 Å². The summed E-state index contributed by atoms with van der Waals surface area (Å²) in [4.78, 5) is 11.1. The second-order valence-corrected chi connectivity index (χ2v) is 5.38. The Morgan fingerprint density at radius 2 is 1.88 bits per heavy atom. The molecule has 24 heavy (non-hydrogen) atoms. The number of anilines is 1. The van der Waals surface area contributed by atoms with E-state index in [2.05, 4.69) is 15.5 Å². The molecule has 1 aliphatic heterocycles. The van der Waals surface area contributed by atoms with Crippen molar-refractivity contribution in [1.82, 2.24) is 10.2 Å². The normalized spacial score (nSPS) is 12.5. The van der Waals surface area contributed by atoms with E-state index in [1.165, 1.54) is 12.1 Å². The topological polar surface area (TPSA) is 88.2 Å². The molecule has 118 valence electrons. The summed E-state index contributed by atoms with van der Waals surface area (Å²) in [6, 6.07) is 12.3. The lowest BCUT2D eigenvalue weighted by atomic mass is 10.1. The predicted octanol–water partition coefficient (Wildman–Crippen LogP) is 3.54. The third-order valence-corrected chi connectivity index (χ3v) is 3.79. The molecule has 0 radical (unpaired) electrons. The number of benzene rings is 2. The number of aromatic carboxylic acids is 1. The maximum absolute atomic E-state index is 11.1. The van der Waals surface area contributed by atoms with Gasteiger partial charge in [0.2, 0.25) is 11.8 Å². The first-order chi connectivity index (χ1) is 11.7. The van der Waals surface area contributed by atoms with Crippen LogP contribution < -0.4 is 5.32 Å². The number of carboxylic acids is 1. The van der Waals surface area contributed by atoms with E-state index in [4.69, 9.17) is 9.52 Å². The Bertz CT molecular complexity index is 960. The van der Waals surface area contributed by atoms with Gasteiger partial charge in [0, 0.05) is 23.4 Å². The highest BCUT2D eigenvalue weighted by Gasteiger charge is 2.14. The molecule has 4 rings (SSSR count). The number of aromatic nitrogens is 2. The van der Waals surface area contributed by atoms with Gasteiger partial charge in [-0.25, -0.2) is 4.79 Å². The van der Waals surface area contributed by atoms with Gasteiger partial charge in [0.1, 0.15) is 0 Å². The monoisotopic (exact) mass is 319 g/mol. The van der Waals surface area contributed by atoms with E-state index in [9.17, 15) is 4.79 Å². The van der Waals surface area contributed by atoms with Gasteiger partial charge >= 0.3 is 5.97 Å². The van der Waals surface area contributed by atoms with E-state index in [1.807, 2.05) is 30.4 Å². The Balaban J connectivity index is 1.69. The summed E-state index contributed by atoms with van der Waals surface area (Å²) in [6.07, 6.45) is 4.09. The number of hydrogen-bond donors (Lipinski definition) is 2. The maximum atomic E-state index is 11.1. The number of rotatable bonds is 3. The van der Waals surface area contributed by atoms with Crippen LogP contribution in [0.2, 0.25) is 0 Å². The van der Waals surface area contributed by atoms with Crippen LogP contribution >= 0.6 is 0 Å². The minimum atomic E-state index is -0.995. The summed E-state index contributed by atoms with van der Waals surface area (Å²) in [7, 11) is 0. The summed E-state index contributed by atoms with van der Waals surface area (Å²) < 4.78 is 5.72. The van der Waals surface area contributed by atoms with Crippen molar-refractivity contribution in [3.8, 4) is 22.9 Å². The van der Waals surface area contributed by atoms with Crippen molar-refractivity contribution in [2.24, 2.45) is 0 Å². The second kappa shape index (κ2) is 5.66. The second-order valence-electron chi connectivity index (χ2n) is 5.38. The summed E-state index contributed by atoms with van der Waals surface area (Å²) in [5.41, 5.74) is 3.70. The fourth-order valence-electron chi connectivity index (χ4n) is 2.59. The van der Waals surface area contributed by atoms with Gasteiger partial charge in [-0.3, -0.25) is 0 Å². The smallest absolute Gasteiger partial charge is 0.335 e. The summed E-state index contributed by atoms with van der Waals surface area (Å²) in [5.74, 6) is -0.308. The van der Waals surface area contributed by atoms with E-state index in [1.54, 1.807) is 12.1 Å². The van der Waals surface area contributed by atoms with Crippen LogP contribution in [-0.4, -0.2) is 27.8 Å². The number of nitrogens with one attached hydrogen (secondary N) is 1. The van der Waals surface area contributed by atoms with Crippen molar-refractivity contribution in [2.75, 3.05) is 11.9 Å². The number of hydrogen-bond acceptors (Lipinski definition) is 5. The van der Waals surface area contributed by atoms with Crippen LogP contribution in [0.1, 0.15) is 15.9 Å². The van der Waals surface area contributed by atoms with Gasteiger partial charge in [-0.05, 0) is 42.0 Å². The Morgan fingerprint density at radius 1 is 1.08 bits per heavy atom. The molecule has 0 fully saturated rings. The predicted molar refractivity (Wildman–Crippen MR) is 89.7 cm³/mol. The lowest BCUT2D eigenvalue weighted by Gasteiger charge is -2.12. The molecule has 0 spiro atoms. The third kappa shape index (κ3) is 2.54. The van der Waals surface area contributed by atoms with Gasteiger partial charge in [0.15, 0.2) is 0 Å². The zero-order chi connectivity index (χ0) is 16.5. The van der Waals surface area contributed by atoms with Crippen LogP contribution in [-0.2, 0) is 0 Å². The van der Waals surface area contributed by atoms with Crippen LogP contribution in [0.4, 0.5) is 5.69 Å². The van der Waals surface area contributed by atoms with Crippen molar-refractivity contribution < 1.29 is 14.3 Å². The molecule has 3 aromatic rings. The molecule has 0 aliphatic carbocycles. The molecule has 0 bridgehead atoms. The number of carboxylic acid groups (broad SMARTS) is 1. The minimum absolute atomic E-state index is 0.178. The largest absolute Gasteiger partial charge is 0.478 e. The minimum Gasteiger partial charge on any atom is -0.478 e. The van der Waals surface area contributed by atoms with Gasteiger partial charge in [-0.1, -0.05) is 18.2 Å². The molecule has 1 aromatic heterocycles. The number of fused-ring (bicyclic) bond motifs is 1. The zero-order valence-corrected chi connectivity index (χ0v) is 12.6. The first-order valence-corrected chi connectivity index (χ1v) is 7.43. The molecular weight excluding hydrogens is 306 g/mol. The van der Waals surface area contributed by atoms with Crippen molar-refractivity contribution in [3.05, 3.63) is 59.7 Å². The molecule has 2 aromatic carbocycles. The standard InChI is InChI=1S/C18H13N3O3/c22-18(23)14-4-1-3-12(10-14)16-20-21-17(24-16)13-6-7-15-11(9-13)5-2-8-19-15/h1-7,9-10,19H,8H2,(H,22,23). The van der Waals surface area contributed by atoms with Crippen LogP contribution in [0.25, 0.3) is 29.0 Å². The van der Waals surface area contributed by atoms with Crippen molar-refractivity contribution in [2.45, 2.75) is 0 Å². The summed E-state index contributed by atoms with van der Waals surface area (Å²) in [6.45, 7) is 0.816. The van der Waals surface area contributed by atoms with Gasteiger partial charge in [-0.15, -0.1) is 10.2 Å². The highest BCUT2D eigenvalue weighted by atomic mass is 16.4. The first-order valence-electron chi connectivity index (χ1n) is 7.43. The SMILES string of the molecule is O=C(O)c1cccc(-c2nnc(-c3ccc4c(c3)C=CCN4)o2)c1. The molecule has 6 heteroatoms. The quantitative estimate of drug-likeness (QED) is 0.767. The van der Waals surface area contributed by atoms with Crippen molar-refractivity contribution in [1.29, 1.82) is 0 Å². The van der Waals surface area contributed by atoms with E-state index in [0.29, 0.717) is 17.3 Å². The van der Waals surface area contributed by atoms with E-state index >= 15 is 0 Å². The Morgan fingerprint density at radius 3 is 2.67 bits per heavy atom. The number of carbonyl (C=O) groups is 1. The zero-order valence-electron chi connectivity index (χ0n) is 12.6. The third-order valence-electron chi connectivity index (χ3n) is 3.79. The van der Waals surface area contributed by atoms with Crippen LogP contribution in [0.5, 0.6) is 0 Å². The molecule has 0 saturated heterocycles. The average molecular weight is 319 g/mol. The Hall–Kier alpha value is -3.41. The molecule has 2 N–H and O–H groups in total. The lowest BCUT2D eigenvalue weighted by Crippen LogP contribution is -2.03. The Labute approximate surface area is 137 Å². The molecule has 2 heterocycles. The summed E-state index contributed by atoms with van der Waals surface area (Å²) >= 11 is 0. The first kappa shape index (κ1) is 14.2. The molecule has 6 nitrogen and oxygen atoms in total. The lowest BCUT2D eigenvalue weighted by molar-refractivity contribution is 0.0697. The van der Waals surface area contributed by atoms with Crippen LogP contribution in [0.15, 0.2) is 53.0 Å². The van der Waals surface area contributed by atoms with Gasteiger partial charge in [-0.2, -0.15) is 0 Å². The van der Waals surface area contributed by atoms with Gasteiger partial charge in [0.05, 0.1) is 5.56 Å². The maximum Gasteiger partial charge on any atom is 0.335 e.